The van der Waals surface area contributed by atoms with Gasteiger partial charge in [0.05, 0.1) is 30.0 Å². The predicted octanol–water partition coefficient (Wildman–Crippen LogP) is 4.83. The molecule has 0 radical (unpaired) electrons. The number of sulfonamides is 1. The third-order valence-corrected chi connectivity index (χ3v) is 6.47. The van der Waals surface area contributed by atoms with E-state index in [9.17, 15) is 8.42 Å². The molecule has 4 rings (SSSR count). The molecule has 0 bridgehead atoms. The van der Waals surface area contributed by atoms with E-state index in [2.05, 4.69) is 9.71 Å². The molecule has 0 aliphatic rings. The van der Waals surface area contributed by atoms with Gasteiger partial charge in [-0.05, 0) is 80.4 Å². The number of hydrogen-bond acceptors (Lipinski definition) is 5. The van der Waals surface area contributed by atoms with Crippen molar-refractivity contribution in [3.63, 3.8) is 0 Å². The van der Waals surface area contributed by atoms with Crippen LogP contribution in [0.3, 0.4) is 0 Å². The first-order valence-corrected chi connectivity index (χ1v) is 11.7. The Morgan fingerprint density at radius 3 is 2.53 bits per heavy atom. The van der Waals surface area contributed by atoms with Gasteiger partial charge in [-0.2, -0.15) is 0 Å². The maximum Gasteiger partial charge on any atom is 0.262 e. The Hall–Kier alpha value is -3.52. The van der Waals surface area contributed by atoms with Crippen molar-refractivity contribution in [1.82, 2.24) is 9.38 Å². The number of hydrogen-bond donors (Lipinski definition) is 1. The van der Waals surface area contributed by atoms with E-state index in [1.165, 1.54) is 13.2 Å². The molecule has 0 aliphatic heterocycles. The lowest BCUT2D eigenvalue weighted by Crippen LogP contribution is -2.14. The largest absolute Gasteiger partial charge is 0.495 e. The fourth-order valence-electron chi connectivity index (χ4n) is 3.48. The van der Waals surface area contributed by atoms with Crippen LogP contribution in [-0.4, -0.2) is 31.5 Å². The third-order valence-electron chi connectivity index (χ3n) is 5.11. The minimum atomic E-state index is -3.84. The zero-order chi connectivity index (χ0) is 22.9. The molecule has 0 aliphatic carbocycles. The second-order valence-electron chi connectivity index (χ2n) is 7.48. The molecule has 0 amide bonds. The van der Waals surface area contributed by atoms with Gasteiger partial charge in [-0.25, -0.2) is 13.4 Å². The number of imidazole rings is 1. The van der Waals surface area contributed by atoms with E-state index in [0.717, 1.165) is 28.0 Å². The number of pyridine rings is 1. The Morgan fingerprint density at radius 1 is 1.03 bits per heavy atom. The monoisotopic (exact) mass is 451 g/mol. The van der Waals surface area contributed by atoms with Crippen LogP contribution in [0.15, 0.2) is 65.8 Å². The summed E-state index contributed by atoms with van der Waals surface area (Å²) >= 11 is 0. The Bertz CT molecular complexity index is 1390. The summed E-state index contributed by atoms with van der Waals surface area (Å²) in [5.41, 5.74) is 4.52. The van der Waals surface area contributed by atoms with Gasteiger partial charge in [-0.15, -0.1) is 0 Å². The molecule has 2 heterocycles. The van der Waals surface area contributed by atoms with E-state index in [4.69, 9.17) is 9.47 Å². The quantitative estimate of drug-likeness (QED) is 0.435. The number of rotatable bonds is 7. The molecule has 2 aromatic carbocycles. The molecule has 0 unspecified atom stereocenters. The van der Waals surface area contributed by atoms with Crippen LogP contribution in [0.2, 0.25) is 0 Å². The fourth-order valence-corrected chi connectivity index (χ4v) is 4.63. The highest BCUT2D eigenvalue weighted by Crippen LogP contribution is 2.33. The Labute approximate surface area is 187 Å². The van der Waals surface area contributed by atoms with Crippen molar-refractivity contribution in [3.8, 4) is 22.8 Å². The first-order valence-electron chi connectivity index (χ1n) is 10.2. The maximum absolute atomic E-state index is 13.1. The molecule has 8 heteroatoms. The van der Waals surface area contributed by atoms with Gasteiger partial charge in [-0.3, -0.25) is 4.72 Å². The molecular formula is C24H25N3O4S. The van der Waals surface area contributed by atoms with E-state index in [-0.39, 0.29) is 4.90 Å². The van der Waals surface area contributed by atoms with E-state index >= 15 is 0 Å². The van der Waals surface area contributed by atoms with Crippen LogP contribution < -0.4 is 14.2 Å². The average molecular weight is 452 g/mol. The number of aromatic nitrogens is 2. The molecule has 0 saturated carbocycles. The number of ether oxygens (including phenoxy) is 2. The summed E-state index contributed by atoms with van der Waals surface area (Å²) < 4.78 is 41.7. The predicted molar refractivity (Wildman–Crippen MR) is 125 cm³/mol. The molecule has 0 fully saturated rings. The summed E-state index contributed by atoms with van der Waals surface area (Å²) in [5.74, 6) is 1.08. The Morgan fingerprint density at radius 2 is 1.81 bits per heavy atom. The van der Waals surface area contributed by atoms with Gasteiger partial charge < -0.3 is 13.9 Å². The molecule has 0 spiro atoms. The van der Waals surface area contributed by atoms with Crippen molar-refractivity contribution >= 4 is 21.4 Å². The lowest BCUT2D eigenvalue weighted by atomic mass is 10.1. The highest BCUT2D eigenvalue weighted by Gasteiger charge is 2.19. The van der Waals surface area contributed by atoms with Crippen LogP contribution in [0, 0.1) is 13.8 Å². The minimum Gasteiger partial charge on any atom is -0.495 e. The summed E-state index contributed by atoms with van der Waals surface area (Å²) in [7, 11) is -2.34. The number of methoxy groups -OCH3 is 1. The van der Waals surface area contributed by atoms with Crippen LogP contribution in [0.4, 0.5) is 5.69 Å². The molecule has 166 valence electrons. The van der Waals surface area contributed by atoms with Gasteiger partial charge >= 0.3 is 0 Å². The molecule has 32 heavy (non-hydrogen) atoms. The van der Waals surface area contributed by atoms with Crippen LogP contribution in [0.25, 0.3) is 16.9 Å². The highest BCUT2D eigenvalue weighted by atomic mass is 32.2. The summed E-state index contributed by atoms with van der Waals surface area (Å²) in [5, 5.41) is 0. The Kier molecular flexibility index (Phi) is 5.80. The topological polar surface area (TPSA) is 81.9 Å². The number of nitrogens with zero attached hydrogens (tertiary/aromatic N) is 2. The van der Waals surface area contributed by atoms with Gasteiger partial charge in [0.15, 0.2) is 0 Å². The van der Waals surface area contributed by atoms with Crippen LogP contribution in [0.1, 0.15) is 18.1 Å². The first kappa shape index (κ1) is 21.7. The summed E-state index contributed by atoms with van der Waals surface area (Å²) in [6, 6.07) is 14.1. The summed E-state index contributed by atoms with van der Waals surface area (Å²) in [6.45, 7) is 6.22. The van der Waals surface area contributed by atoms with Crippen LogP contribution >= 0.6 is 0 Å². The molecular weight excluding hydrogens is 426 g/mol. The van der Waals surface area contributed by atoms with Gasteiger partial charge in [0.2, 0.25) is 0 Å². The van der Waals surface area contributed by atoms with Gasteiger partial charge in [-0.1, -0.05) is 0 Å². The van der Waals surface area contributed by atoms with Gasteiger partial charge in [0.1, 0.15) is 17.1 Å². The molecule has 0 atom stereocenters. The minimum absolute atomic E-state index is 0.147. The number of benzene rings is 2. The number of anilines is 1. The first-order chi connectivity index (χ1) is 15.3. The second-order valence-corrected chi connectivity index (χ2v) is 9.16. The third kappa shape index (κ3) is 4.27. The number of fused-ring (bicyclic) bond motifs is 1. The van der Waals surface area contributed by atoms with Crippen molar-refractivity contribution in [2.24, 2.45) is 0 Å². The SMILES string of the molecule is CCOc1ccc(S(=O)(=O)Nc2cc(-c3cn4ccc(C)cc4n3)ccc2OC)cc1C. The van der Waals surface area contributed by atoms with E-state index < -0.39 is 10.0 Å². The lowest BCUT2D eigenvalue weighted by Gasteiger charge is -2.14. The van der Waals surface area contributed by atoms with Crippen molar-refractivity contribution in [3.05, 3.63) is 72.1 Å². The van der Waals surface area contributed by atoms with Crippen molar-refractivity contribution < 1.29 is 17.9 Å². The summed E-state index contributed by atoms with van der Waals surface area (Å²) in [4.78, 5) is 4.81. The van der Waals surface area contributed by atoms with E-state index in [1.54, 1.807) is 24.3 Å². The number of aryl methyl sites for hydroxylation is 2. The zero-order valence-corrected chi connectivity index (χ0v) is 19.2. The maximum atomic E-state index is 13.1. The van der Waals surface area contributed by atoms with Crippen molar-refractivity contribution in [2.75, 3.05) is 18.4 Å². The molecule has 0 saturated heterocycles. The standard InChI is InChI=1S/C24H25N3O4S/c1-5-31-22-9-7-19(13-17(22)3)32(28,29)26-20-14-18(6-8-23(20)30-4)21-15-27-11-10-16(2)12-24(27)25-21/h6-15,26H,5H2,1-4H3. The van der Waals surface area contributed by atoms with Crippen LogP contribution in [-0.2, 0) is 10.0 Å². The molecule has 4 aromatic rings. The smallest absolute Gasteiger partial charge is 0.262 e. The van der Waals surface area contributed by atoms with Crippen LogP contribution in [0.5, 0.6) is 11.5 Å². The lowest BCUT2D eigenvalue weighted by molar-refractivity contribution is 0.337. The average Bonchev–Trinajstić information content (AvgIpc) is 3.18. The normalized spacial score (nSPS) is 11.5. The second kappa shape index (κ2) is 8.55. The molecule has 1 N–H and O–H groups in total. The molecule has 2 aromatic heterocycles. The highest BCUT2D eigenvalue weighted by molar-refractivity contribution is 7.92. The molecule has 7 nitrogen and oxygen atoms in total. The van der Waals surface area contributed by atoms with E-state index in [1.807, 2.05) is 55.8 Å². The van der Waals surface area contributed by atoms with Crippen molar-refractivity contribution in [2.45, 2.75) is 25.7 Å². The van der Waals surface area contributed by atoms with E-state index in [0.29, 0.717) is 23.8 Å². The fraction of sp³-hybridized carbons (Fsp3) is 0.208. The number of nitrogens with one attached hydrogen (secondary N) is 1. The van der Waals surface area contributed by atoms with Crippen molar-refractivity contribution in [1.29, 1.82) is 0 Å². The van der Waals surface area contributed by atoms with Gasteiger partial charge in [0, 0.05) is 18.0 Å². The van der Waals surface area contributed by atoms with Gasteiger partial charge in [0.25, 0.3) is 10.0 Å². The summed E-state index contributed by atoms with van der Waals surface area (Å²) in [6.07, 6.45) is 3.85. The zero-order valence-electron chi connectivity index (χ0n) is 18.4. The Balaban J connectivity index is 1.70.